The molecule has 0 aliphatic carbocycles. The van der Waals surface area contributed by atoms with E-state index in [0.717, 1.165) is 6.07 Å². The van der Waals surface area contributed by atoms with Gasteiger partial charge in [-0.15, -0.1) is 0 Å². The van der Waals surface area contributed by atoms with E-state index in [1.165, 1.54) is 6.92 Å². The van der Waals surface area contributed by atoms with Gasteiger partial charge in [-0.2, -0.15) is 13.2 Å². The van der Waals surface area contributed by atoms with Crippen LogP contribution in [0.2, 0.25) is 0 Å². The van der Waals surface area contributed by atoms with Gasteiger partial charge in [-0.1, -0.05) is 12.1 Å². The van der Waals surface area contributed by atoms with E-state index in [1.807, 2.05) is 0 Å². The average Bonchev–Trinajstić information content (AvgIpc) is 2.80. The number of nitrogens with one attached hydrogen (secondary N) is 1. The van der Waals surface area contributed by atoms with Crippen molar-refractivity contribution in [1.29, 1.82) is 0 Å². The molecule has 2 aromatic rings. The van der Waals surface area contributed by atoms with Crippen molar-refractivity contribution in [2.45, 2.75) is 26.4 Å². The smallest absolute Gasteiger partial charge is 0.361 e. The van der Waals surface area contributed by atoms with E-state index < -0.39 is 23.5 Å². The number of aromatic nitrogens is 1. The summed E-state index contributed by atoms with van der Waals surface area (Å²) in [5, 5.41) is 5.99. The molecule has 0 saturated heterocycles. The number of amides is 1. The molecule has 0 radical (unpaired) electrons. The Morgan fingerprint density at radius 2 is 2.05 bits per heavy atom. The third-order valence-corrected chi connectivity index (χ3v) is 3.02. The Hall–Kier alpha value is -2.38. The molecule has 0 saturated carbocycles. The molecule has 1 aromatic heterocycles. The predicted octanol–water partition coefficient (Wildman–Crippen LogP) is 3.96. The van der Waals surface area contributed by atoms with Gasteiger partial charge in [0.05, 0.1) is 11.3 Å². The van der Waals surface area contributed by atoms with Gasteiger partial charge in [-0.3, -0.25) is 4.79 Å². The van der Waals surface area contributed by atoms with E-state index in [1.54, 1.807) is 6.92 Å². The summed E-state index contributed by atoms with van der Waals surface area (Å²) in [6, 6.07) is 2.25. The summed E-state index contributed by atoms with van der Waals surface area (Å²) < 4.78 is 56.0. The van der Waals surface area contributed by atoms with Gasteiger partial charge in [0.15, 0.2) is 0 Å². The van der Waals surface area contributed by atoms with E-state index in [-0.39, 0.29) is 17.0 Å². The standard InChI is InChI=1S/C14H12F4N2O2/c1-3-11-12(7(2)22-20-11)13(21)19-8-4-5-10(15)9(6-8)14(16,17)18/h4-6H,3H2,1-2H3,(H,19,21). The molecule has 8 heteroatoms. The first-order valence-corrected chi connectivity index (χ1v) is 6.37. The molecule has 0 fully saturated rings. The van der Waals surface area contributed by atoms with E-state index in [2.05, 4.69) is 10.5 Å². The van der Waals surface area contributed by atoms with Crippen LogP contribution in [-0.2, 0) is 12.6 Å². The average molecular weight is 316 g/mol. The van der Waals surface area contributed by atoms with Crippen LogP contribution < -0.4 is 5.32 Å². The summed E-state index contributed by atoms with van der Waals surface area (Å²) in [7, 11) is 0. The molecular weight excluding hydrogens is 304 g/mol. The first-order valence-electron chi connectivity index (χ1n) is 6.37. The van der Waals surface area contributed by atoms with Crippen LogP contribution in [0, 0.1) is 12.7 Å². The number of nitrogens with zero attached hydrogens (tertiary/aromatic N) is 1. The molecule has 0 spiro atoms. The number of carbonyl (C=O) groups excluding carboxylic acids is 1. The lowest BCUT2D eigenvalue weighted by molar-refractivity contribution is -0.139. The Bertz CT molecular complexity index is 707. The van der Waals surface area contributed by atoms with Crippen LogP contribution in [0.15, 0.2) is 22.7 Å². The fourth-order valence-corrected chi connectivity index (χ4v) is 1.96. The largest absolute Gasteiger partial charge is 0.419 e. The number of benzene rings is 1. The van der Waals surface area contributed by atoms with Crippen molar-refractivity contribution in [2.75, 3.05) is 5.32 Å². The zero-order valence-corrected chi connectivity index (χ0v) is 11.7. The third kappa shape index (κ3) is 3.10. The highest BCUT2D eigenvalue weighted by molar-refractivity contribution is 6.05. The van der Waals surface area contributed by atoms with Crippen LogP contribution >= 0.6 is 0 Å². The monoisotopic (exact) mass is 316 g/mol. The van der Waals surface area contributed by atoms with E-state index in [9.17, 15) is 22.4 Å². The maximum absolute atomic E-state index is 13.2. The van der Waals surface area contributed by atoms with Crippen molar-refractivity contribution in [2.24, 2.45) is 0 Å². The molecule has 1 heterocycles. The third-order valence-electron chi connectivity index (χ3n) is 3.02. The second-order valence-corrected chi connectivity index (χ2v) is 4.56. The van der Waals surface area contributed by atoms with Crippen LogP contribution in [0.25, 0.3) is 0 Å². The van der Waals surface area contributed by atoms with Crippen LogP contribution in [0.5, 0.6) is 0 Å². The van der Waals surface area contributed by atoms with E-state index in [0.29, 0.717) is 24.2 Å². The second kappa shape index (κ2) is 5.78. The molecular formula is C14H12F4N2O2. The molecule has 0 atom stereocenters. The lowest BCUT2D eigenvalue weighted by Gasteiger charge is -2.11. The normalized spacial score (nSPS) is 11.5. The zero-order chi connectivity index (χ0) is 16.5. The maximum Gasteiger partial charge on any atom is 0.419 e. The van der Waals surface area contributed by atoms with Crippen molar-refractivity contribution < 1.29 is 26.9 Å². The minimum absolute atomic E-state index is 0.165. The van der Waals surface area contributed by atoms with Crippen LogP contribution in [0.1, 0.15) is 34.3 Å². The Morgan fingerprint density at radius 1 is 1.36 bits per heavy atom. The van der Waals surface area contributed by atoms with Crippen LogP contribution in [0.3, 0.4) is 0 Å². The zero-order valence-electron chi connectivity index (χ0n) is 11.7. The predicted molar refractivity (Wildman–Crippen MR) is 70.0 cm³/mol. The molecule has 2 rings (SSSR count). The number of alkyl halides is 3. The molecule has 4 nitrogen and oxygen atoms in total. The molecule has 0 bridgehead atoms. The number of halogens is 4. The first kappa shape index (κ1) is 16.0. The van der Waals surface area contributed by atoms with Gasteiger partial charge >= 0.3 is 6.18 Å². The van der Waals surface area contributed by atoms with E-state index in [4.69, 9.17) is 4.52 Å². The number of rotatable bonds is 3. The Labute approximate surface area is 123 Å². The highest BCUT2D eigenvalue weighted by Crippen LogP contribution is 2.33. The molecule has 118 valence electrons. The molecule has 22 heavy (non-hydrogen) atoms. The number of hydrogen-bond donors (Lipinski definition) is 1. The Balaban J connectivity index is 2.31. The summed E-state index contributed by atoms with van der Waals surface area (Å²) in [5.41, 5.74) is -1.04. The highest BCUT2D eigenvalue weighted by Gasteiger charge is 2.34. The van der Waals surface area contributed by atoms with Crippen LogP contribution in [-0.4, -0.2) is 11.1 Å². The molecule has 0 unspecified atom stereocenters. The van der Waals surface area contributed by atoms with Crippen molar-refractivity contribution in [3.8, 4) is 0 Å². The number of carbonyl (C=O) groups is 1. The Morgan fingerprint density at radius 3 is 2.64 bits per heavy atom. The van der Waals surface area contributed by atoms with Crippen molar-refractivity contribution in [3.05, 3.63) is 46.6 Å². The topological polar surface area (TPSA) is 55.1 Å². The van der Waals surface area contributed by atoms with Crippen molar-refractivity contribution in [1.82, 2.24) is 5.16 Å². The van der Waals surface area contributed by atoms with Crippen molar-refractivity contribution in [3.63, 3.8) is 0 Å². The number of hydrogen-bond acceptors (Lipinski definition) is 3. The summed E-state index contributed by atoms with van der Waals surface area (Å²) in [6.45, 7) is 3.28. The maximum atomic E-state index is 13.2. The summed E-state index contributed by atoms with van der Waals surface area (Å²) in [4.78, 5) is 12.1. The lowest BCUT2D eigenvalue weighted by Crippen LogP contribution is -2.16. The molecule has 1 amide bonds. The summed E-state index contributed by atoms with van der Waals surface area (Å²) in [5.74, 6) is -1.80. The molecule has 0 aliphatic heterocycles. The molecule has 0 aliphatic rings. The summed E-state index contributed by atoms with van der Waals surface area (Å²) in [6.07, 6.45) is -4.41. The number of aryl methyl sites for hydroxylation is 2. The summed E-state index contributed by atoms with van der Waals surface area (Å²) >= 11 is 0. The quantitative estimate of drug-likeness (QED) is 0.872. The van der Waals surface area contributed by atoms with E-state index >= 15 is 0 Å². The van der Waals surface area contributed by atoms with Gasteiger partial charge < -0.3 is 9.84 Å². The van der Waals surface area contributed by atoms with Gasteiger partial charge in [-0.25, -0.2) is 4.39 Å². The van der Waals surface area contributed by atoms with Gasteiger partial charge in [-0.05, 0) is 31.5 Å². The second-order valence-electron chi connectivity index (χ2n) is 4.56. The minimum atomic E-state index is -4.84. The molecule has 1 aromatic carbocycles. The fraction of sp³-hybridized carbons (Fsp3) is 0.286. The lowest BCUT2D eigenvalue weighted by atomic mass is 10.1. The first-order chi connectivity index (χ1) is 10.2. The van der Waals surface area contributed by atoms with Crippen molar-refractivity contribution >= 4 is 11.6 Å². The number of anilines is 1. The highest BCUT2D eigenvalue weighted by atomic mass is 19.4. The van der Waals surface area contributed by atoms with Crippen LogP contribution in [0.4, 0.5) is 23.2 Å². The molecule has 1 N–H and O–H groups in total. The van der Waals surface area contributed by atoms with Gasteiger partial charge in [0.25, 0.3) is 5.91 Å². The van der Waals surface area contributed by atoms with Gasteiger partial charge in [0.1, 0.15) is 17.1 Å². The fourth-order valence-electron chi connectivity index (χ4n) is 1.96. The minimum Gasteiger partial charge on any atom is -0.361 e. The Kier molecular flexibility index (Phi) is 4.20. The van der Waals surface area contributed by atoms with Gasteiger partial charge in [0.2, 0.25) is 0 Å². The SMILES string of the molecule is CCc1noc(C)c1C(=O)Nc1ccc(F)c(C(F)(F)F)c1. The van der Waals surface area contributed by atoms with Gasteiger partial charge in [0, 0.05) is 5.69 Å².